The summed E-state index contributed by atoms with van der Waals surface area (Å²) >= 11 is 0. The summed E-state index contributed by atoms with van der Waals surface area (Å²) in [6, 6.07) is 18.4. The first-order valence-electron chi connectivity index (χ1n) is 7.11. The second-order valence-corrected chi connectivity index (χ2v) is 5.14. The lowest BCUT2D eigenvalue weighted by Gasteiger charge is -2.11. The van der Waals surface area contributed by atoms with Gasteiger partial charge >= 0.3 is 0 Å². The maximum atomic E-state index is 5.87. The first-order valence-corrected chi connectivity index (χ1v) is 7.11. The molecule has 0 radical (unpaired) electrons. The second-order valence-electron chi connectivity index (χ2n) is 5.14. The van der Waals surface area contributed by atoms with Gasteiger partial charge in [-0.3, -0.25) is 0 Å². The minimum Gasteiger partial charge on any atom is -0.497 e. The lowest BCUT2D eigenvalue weighted by Crippen LogP contribution is -2.17. The zero-order valence-electron chi connectivity index (χ0n) is 12.3. The fourth-order valence-electron chi connectivity index (χ4n) is 2.33. The van der Waals surface area contributed by atoms with Gasteiger partial charge in [0.15, 0.2) is 0 Å². The molecular weight excluding hydrogens is 262 g/mol. The van der Waals surface area contributed by atoms with Crippen LogP contribution in [0.15, 0.2) is 59.0 Å². The maximum absolute atomic E-state index is 5.87. The van der Waals surface area contributed by atoms with Crippen LogP contribution in [0.5, 0.6) is 5.75 Å². The summed E-state index contributed by atoms with van der Waals surface area (Å²) in [5, 5.41) is 4.62. The number of hydrogen-bond donors (Lipinski definition) is 1. The van der Waals surface area contributed by atoms with E-state index >= 15 is 0 Å². The van der Waals surface area contributed by atoms with Crippen molar-refractivity contribution < 1.29 is 9.15 Å². The molecule has 21 heavy (non-hydrogen) atoms. The van der Waals surface area contributed by atoms with Gasteiger partial charge in [-0.05, 0) is 36.8 Å². The Balaban J connectivity index is 1.66. The molecule has 1 heterocycles. The van der Waals surface area contributed by atoms with Crippen molar-refractivity contribution in [3.8, 4) is 5.75 Å². The first kappa shape index (κ1) is 13.7. The normalized spacial score (nSPS) is 12.5. The summed E-state index contributed by atoms with van der Waals surface area (Å²) in [7, 11) is 1.68. The third kappa shape index (κ3) is 3.09. The number of hydrogen-bond acceptors (Lipinski definition) is 3. The van der Waals surface area contributed by atoms with Crippen molar-refractivity contribution in [1.82, 2.24) is 5.32 Å². The SMILES string of the molecule is COc1ccc(CNC(C)c2cc3ccccc3o2)cc1. The predicted molar refractivity (Wildman–Crippen MR) is 84.5 cm³/mol. The Kier molecular flexibility index (Phi) is 3.93. The molecule has 1 N–H and O–H groups in total. The molecule has 0 aliphatic rings. The van der Waals surface area contributed by atoms with Crippen molar-refractivity contribution in [2.24, 2.45) is 0 Å². The first-order chi connectivity index (χ1) is 10.3. The van der Waals surface area contributed by atoms with E-state index in [1.54, 1.807) is 7.11 Å². The largest absolute Gasteiger partial charge is 0.497 e. The summed E-state index contributed by atoms with van der Waals surface area (Å²) in [4.78, 5) is 0. The van der Waals surface area contributed by atoms with Crippen molar-refractivity contribution in [1.29, 1.82) is 0 Å². The Labute approximate surface area is 124 Å². The van der Waals surface area contributed by atoms with Crippen molar-refractivity contribution in [3.63, 3.8) is 0 Å². The fourth-order valence-corrected chi connectivity index (χ4v) is 2.33. The van der Waals surface area contributed by atoms with Gasteiger partial charge in [-0.1, -0.05) is 30.3 Å². The van der Waals surface area contributed by atoms with Gasteiger partial charge in [0.2, 0.25) is 0 Å². The van der Waals surface area contributed by atoms with Crippen LogP contribution < -0.4 is 10.1 Å². The molecule has 0 spiro atoms. The zero-order valence-corrected chi connectivity index (χ0v) is 12.3. The van der Waals surface area contributed by atoms with Crippen LogP contribution in [0.4, 0.5) is 0 Å². The molecule has 1 unspecified atom stereocenters. The molecule has 0 fully saturated rings. The molecule has 2 aromatic carbocycles. The lowest BCUT2D eigenvalue weighted by atomic mass is 10.2. The molecule has 0 saturated carbocycles. The van der Waals surface area contributed by atoms with E-state index in [1.807, 2.05) is 30.3 Å². The number of ether oxygens (including phenoxy) is 1. The molecule has 0 amide bonds. The number of fused-ring (bicyclic) bond motifs is 1. The van der Waals surface area contributed by atoms with E-state index in [1.165, 1.54) is 5.56 Å². The van der Waals surface area contributed by atoms with Crippen molar-refractivity contribution in [2.75, 3.05) is 7.11 Å². The number of nitrogens with one attached hydrogen (secondary N) is 1. The van der Waals surface area contributed by atoms with E-state index in [-0.39, 0.29) is 6.04 Å². The molecule has 3 rings (SSSR count). The van der Waals surface area contributed by atoms with Crippen LogP contribution in [0.25, 0.3) is 11.0 Å². The number of furan rings is 1. The van der Waals surface area contributed by atoms with E-state index < -0.39 is 0 Å². The maximum Gasteiger partial charge on any atom is 0.134 e. The zero-order chi connectivity index (χ0) is 14.7. The molecule has 1 atom stereocenters. The van der Waals surface area contributed by atoms with Crippen LogP contribution in [0.1, 0.15) is 24.3 Å². The van der Waals surface area contributed by atoms with E-state index in [0.29, 0.717) is 0 Å². The van der Waals surface area contributed by atoms with Crippen molar-refractivity contribution >= 4 is 11.0 Å². The molecule has 1 aromatic heterocycles. The molecule has 3 nitrogen and oxygen atoms in total. The standard InChI is InChI=1S/C18H19NO2/c1-13(18-11-15-5-3-4-6-17(15)21-18)19-12-14-7-9-16(20-2)10-8-14/h3-11,13,19H,12H2,1-2H3. The van der Waals surface area contributed by atoms with E-state index in [4.69, 9.17) is 9.15 Å². The number of benzene rings is 2. The Morgan fingerprint density at radius 2 is 1.86 bits per heavy atom. The number of para-hydroxylation sites is 1. The highest BCUT2D eigenvalue weighted by molar-refractivity contribution is 5.77. The van der Waals surface area contributed by atoms with Crippen LogP contribution in [-0.2, 0) is 6.54 Å². The Hall–Kier alpha value is -2.26. The third-order valence-corrected chi connectivity index (χ3v) is 3.64. The Morgan fingerprint density at radius 3 is 2.57 bits per heavy atom. The van der Waals surface area contributed by atoms with Gasteiger partial charge in [0.1, 0.15) is 17.1 Å². The van der Waals surface area contributed by atoms with Crippen molar-refractivity contribution in [3.05, 3.63) is 65.9 Å². The van der Waals surface area contributed by atoms with Gasteiger partial charge in [0.05, 0.1) is 13.2 Å². The van der Waals surface area contributed by atoms with E-state index in [0.717, 1.165) is 29.0 Å². The van der Waals surface area contributed by atoms with Gasteiger partial charge < -0.3 is 14.5 Å². The monoisotopic (exact) mass is 281 g/mol. The summed E-state index contributed by atoms with van der Waals surface area (Å²) < 4.78 is 11.0. The van der Waals surface area contributed by atoms with Crippen LogP contribution in [0.2, 0.25) is 0 Å². The topological polar surface area (TPSA) is 34.4 Å². The highest BCUT2D eigenvalue weighted by Gasteiger charge is 2.10. The molecule has 0 saturated heterocycles. The number of rotatable bonds is 5. The van der Waals surface area contributed by atoms with Gasteiger partial charge in [0, 0.05) is 11.9 Å². The molecule has 0 aliphatic heterocycles. The fraction of sp³-hybridized carbons (Fsp3) is 0.222. The van der Waals surface area contributed by atoms with E-state index in [9.17, 15) is 0 Å². The smallest absolute Gasteiger partial charge is 0.134 e. The molecule has 3 heteroatoms. The lowest BCUT2D eigenvalue weighted by molar-refractivity contribution is 0.414. The van der Waals surface area contributed by atoms with Gasteiger partial charge in [-0.15, -0.1) is 0 Å². The highest BCUT2D eigenvalue weighted by atomic mass is 16.5. The average molecular weight is 281 g/mol. The summed E-state index contributed by atoms with van der Waals surface area (Å²) in [6.07, 6.45) is 0. The Bertz CT molecular complexity index is 682. The minimum absolute atomic E-state index is 0.166. The van der Waals surface area contributed by atoms with Crippen molar-refractivity contribution in [2.45, 2.75) is 19.5 Å². The van der Waals surface area contributed by atoms with Gasteiger partial charge in [-0.25, -0.2) is 0 Å². The molecule has 3 aromatic rings. The third-order valence-electron chi connectivity index (χ3n) is 3.64. The minimum atomic E-state index is 0.166. The highest BCUT2D eigenvalue weighted by Crippen LogP contribution is 2.23. The average Bonchev–Trinajstić information content (AvgIpc) is 2.97. The van der Waals surface area contributed by atoms with E-state index in [2.05, 4.69) is 36.5 Å². The molecule has 0 bridgehead atoms. The Morgan fingerprint density at radius 1 is 1.10 bits per heavy atom. The summed E-state index contributed by atoms with van der Waals surface area (Å²) in [5.74, 6) is 1.84. The number of methoxy groups -OCH3 is 1. The predicted octanol–water partition coefficient (Wildman–Crippen LogP) is 4.29. The van der Waals surface area contributed by atoms with Crippen LogP contribution in [0.3, 0.4) is 0 Å². The van der Waals surface area contributed by atoms with Gasteiger partial charge in [-0.2, -0.15) is 0 Å². The van der Waals surface area contributed by atoms with Crippen LogP contribution in [-0.4, -0.2) is 7.11 Å². The van der Waals surface area contributed by atoms with Crippen LogP contribution in [0, 0.1) is 0 Å². The summed E-state index contributed by atoms with van der Waals surface area (Å²) in [6.45, 7) is 2.91. The molecule has 0 aliphatic carbocycles. The summed E-state index contributed by atoms with van der Waals surface area (Å²) in [5.41, 5.74) is 2.16. The molecular formula is C18H19NO2. The van der Waals surface area contributed by atoms with Gasteiger partial charge in [0.25, 0.3) is 0 Å². The quantitative estimate of drug-likeness (QED) is 0.757. The second kappa shape index (κ2) is 6.02. The molecule has 108 valence electrons. The van der Waals surface area contributed by atoms with Crippen LogP contribution >= 0.6 is 0 Å².